The van der Waals surface area contributed by atoms with E-state index in [9.17, 15) is 4.79 Å². The number of likely N-dealkylation sites (tertiary alicyclic amines) is 1. The van der Waals surface area contributed by atoms with E-state index in [0.717, 1.165) is 25.9 Å². The summed E-state index contributed by atoms with van der Waals surface area (Å²) in [4.78, 5) is 15.9. The molecule has 88 valence electrons. The summed E-state index contributed by atoms with van der Waals surface area (Å²) in [6, 6.07) is 0.774. The standard InChI is InChI=1S/C10H18N2O2.ClH/c1-3-14-10(13)12-8-4-5-9(12)7-11(2)6-8;/h8-9H,3-7H2,1-2H3;1H. The molecule has 2 atom stereocenters. The largest absolute Gasteiger partial charge is 0.450 e. The molecule has 2 heterocycles. The van der Waals surface area contributed by atoms with Gasteiger partial charge in [-0.3, -0.25) is 4.90 Å². The van der Waals surface area contributed by atoms with E-state index in [-0.39, 0.29) is 18.5 Å². The molecule has 2 aliphatic rings. The molecule has 0 spiro atoms. The fourth-order valence-electron chi connectivity index (χ4n) is 2.61. The number of fused-ring (bicyclic) bond motifs is 2. The summed E-state index contributed by atoms with van der Waals surface area (Å²) in [6.45, 7) is 4.32. The first-order valence-electron chi connectivity index (χ1n) is 5.36. The second-order valence-corrected chi connectivity index (χ2v) is 4.21. The van der Waals surface area contributed by atoms with Gasteiger partial charge in [-0.2, -0.15) is 0 Å². The van der Waals surface area contributed by atoms with Gasteiger partial charge in [-0.1, -0.05) is 0 Å². The zero-order chi connectivity index (χ0) is 10.1. The molecule has 2 bridgehead atoms. The van der Waals surface area contributed by atoms with E-state index in [1.807, 2.05) is 11.8 Å². The summed E-state index contributed by atoms with van der Waals surface area (Å²) in [5, 5.41) is 0. The highest BCUT2D eigenvalue weighted by Gasteiger charge is 2.42. The summed E-state index contributed by atoms with van der Waals surface area (Å²) < 4.78 is 5.07. The van der Waals surface area contributed by atoms with Gasteiger partial charge in [-0.05, 0) is 26.8 Å². The summed E-state index contributed by atoms with van der Waals surface area (Å²) >= 11 is 0. The number of rotatable bonds is 1. The Morgan fingerprint density at radius 1 is 1.33 bits per heavy atom. The third-order valence-corrected chi connectivity index (χ3v) is 3.14. The highest BCUT2D eigenvalue weighted by atomic mass is 35.5. The summed E-state index contributed by atoms with van der Waals surface area (Å²) in [5.41, 5.74) is 0. The van der Waals surface area contributed by atoms with Crippen LogP contribution < -0.4 is 0 Å². The van der Waals surface area contributed by atoms with Crippen molar-refractivity contribution in [1.29, 1.82) is 0 Å². The zero-order valence-electron chi connectivity index (χ0n) is 9.31. The molecule has 0 aliphatic carbocycles. The van der Waals surface area contributed by atoms with Crippen LogP contribution in [-0.4, -0.2) is 54.7 Å². The van der Waals surface area contributed by atoms with E-state index >= 15 is 0 Å². The maximum Gasteiger partial charge on any atom is 0.410 e. The van der Waals surface area contributed by atoms with Crippen LogP contribution in [0.25, 0.3) is 0 Å². The number of hydrogen-bond donors (Lipinski definition) is 0. The molecule has 5 heteroatoms. The number of carbonyl (C=O) groups excluding carboxylic acids is 1. The lowest BCUT2D eigenvalue weighted by atomic mass is 10.2. The van der Waals surface area contributed by atoms with E-state index < -0.39 is 0 Å². The minimum atomic E-state index is -0.117. The molecule has 15 heavy (non-hydrogen) atoms. The van der Waals surface area contributed by atoms with Crippen molar-refractivity contribution in [3.63, 3.8) is 0 Å². The van der Waals surface area contributed by atoms with Crippen LogP contribution in [0.1, 0.15) is 19.8 Å². The second kappa shape index (κ2) is 5.03. The number of nitrogens with zero attached hydrogens (tertiary/aromatic N) is 2. The molecule has 2 fully saturated rings. The first kappa shape index (κ1) is 12.6. The minimum absolute atomic E-state index is 0. The normalized spacial score (nSPS) is 29.9. The number of carbonyl (C=O) groups is 1. The molecule has 0 aromatic carbocycles. The molecule has 0 saturated carbocycles. The lowest BCUT2D eigenvalue weighted by molar-refractivity contribution is 0.0518. The van der Waals surface area contributed by atoms with Gasteiger partial charge in [0, 0.05) is 25.2 Å². The Morgan fingerprint density at radius 3 is 2.33 bits per heavy atom. The number of halogens is 1. The Bertz CT molecular complexity index is 223. The Morgan fingerprint density at radius 2 is 1.87 bits per heavy atom. The number of hydrogen-bond acceptors (Lipinski definition) is 3. The fourth-order valence-corrected chi connectivity index (χ4v) is 2.61. The third kappa shape index (κ3) is 2.37. The van der Waals surface area contributed by atoms with Crippen LogP contribution in [0.3, 0.4) is 0 Å². The molecule has 0 radical (unpaired) electrons. The van der Waals surface area contributed by atoms with Gasteiger partial charge in [0.1, 0.15) is 0 Å². The molecule has 2 aliphatic heterocycles. The molecule has 0 aromatic heterocycles. The molecular formula is C10H19ClN2O2. The fraction of sp³-hybridized carbons (Fsp3) is 0.900. The quantitative estimate of drug-likeness (QED) is 0.687. The second-order valence-electron chi connectivity index (χ2n) is 4.21. The molecular weight excluding hydrogens is 216 g/mol. The number of piperazine rings is 1. The molecule has 2 saturated heterocycles. The predicted octanol–water partition coefficient (Wildman–Crippen LogP) is 1.34. The minimum Gasteiger partial charge on any atom is -0.450 e. The van der Waals surface area contributed by atoms with Gasteiger partial charge in [-0.15, -0.1) is 12.4 Å². The first-order valence-corrected chi connectivity index (χ1v) is 5.36. The van der Waals surface area contributed by atoms with Crippen molar-refractivity contribution >= 4 is 18.5 Å². The van der Waals surface area contributed by atoms with Crippen LogP contribution >= 0.6 is 12.4 Å². The van der Waals surface area contributed by atoms with E-state index in [4.69, 9.17) is 4.74 Å². The van der Waals surface area contributed by atoms with Crippen molar-refractivity contribution in [2.45, 2.75) is 31.8 Å². The van der Waals surface area contributed by atoms with E-state index in [1.165, 1.54) is 0 Å². The van der Waals surface area contributed by atoms with Crippen molar-refractivity contribution in [3.8, 4) is 0 Å². The zero-order valence-corrected chi connectivity index (χ0v) is 10.1. The molecule has 0 aromatic rings. The topological polar surface area (TPSA) is 32.8 Å². The Hall–Kier alpha value is -0.480. The van der Waals surface area contributed by atoms with Crippen LogP contribution in [0.4, 0.5) is 4.79 Å². The maximum atomic E-state index is 11.7. The van der Waals surface area contributed by atoms with E-state index in [2.05, 4.69) is 11.9 Å². The van der Waals surface area contributed by atoms with Crippen LogP contribution in [0, 0.1) is 0 Å². The summed E-state index contributed by atoms with van der Waals surface area (Å²) in [5.74, 6) is 0. The van der Waals surface area contributed by atoms with Gasteiger partial charge in [0.15, 0.2) is 0 Å². The monoisotopic (exact) mass is 234 g/mol. The predicted molar refractivity (Wildman–Crippen MR) is 60.4 cm³/mol. The Balaban J connectivity index is 0.00000112. The summed E-state index contributed by atoms with van der Waals surface area (Å²) in [6.07, 6.45) is 2.15. The van der Waals surface area contributed by atoms with Crippen molar-refractivity contribution in [1.82, 2.24) is 9.80 Å². The highest BCUT2D eigenvalue weighted by molar-refractivity contribution is 5.85. The highest BCUT2D eigenvalue weighted by Crippen LogP contribution is 2.29. The number of likely N-dealkylation sites (N-methyl/N-ethyl adjacent to an activating group) is 1. The maximum absolute atomic E-state index is 11.7. The van der Waals surface area contributed by atoms with Gasteiger partial charge in [0.2, 0.25) is 0 Å². The van der Waals surface area contributed by atoms with Crippen molar-refractivity contribution in [3.05, 3.63) is 0 Å². The van der Waals surface area contributed by atoms with Crippen LogP contribution in [0.15, 0.2) is 0 Å². The lowest BCUT2D eigenvalue weighted by Crippen LogP contribution is -2.54. The van der Waals surface area contributed by atoms with Crippen molar-refractivity contribution in [2.24, 2.45) is 0 Å². The Kier molecular flexibility index (Phi) is 4.22. The average Bonchev–Trinajstić information content (AvgIpc) is 2.39. The molecule has 2 unspecified atom stereocenters. The molecule has 4 nitrogen and oxygen atoms in total. The molecule has 0 N–H and O–H groups in total. The molecule has 1 amide bonds. The van der Waals surface area contributed by atoms with Crippen LogP contribution in [0.5, 0.6) is 0 Å². The van der Waals surface area contributed by atoms with Gasteiger partial charge in [0.05, 0.1) is 6.61 Å². The van der Waals surface area contributed by atoms with E-state index in [0.29, 0.717) is 18.7 Å². The average molecular weight is 235 g/mol. The summed E-state index contributed by atoms with van der Waals surface area (Å²) in [7, 11) is 2.12. The third-order valence-electron chi connectivity index (χ3n) is 3.14. The number of ether oxygens (including phenoxy) is 1. The van der Waals surface area contributed by atoms with Crippen molar-refractivity contribution < 1.29 is 9.53 Å². The lowest BCUT2D eigenvalue weighted by Gasteiger charge is -2.38. The Labute approximate surface area is 97.0 Å². The van der Waals surface area contributed by atoms with Gasteiger partial charge in [-0.25, -0.2) is 4.79 Å². The van der Waals surface area contributed by atoms with E-state index in [1.54, 1.807) is 0 Å². The first-order chi connectivity index (χ1) is 6.72. The van der Waals surface area contributed by atoms with Gasteiger partial charge in [0.25, 0.3) is 0 Å². The number of amides is 1. The SMILES string of the molecule is CCOC(=O)N1C2CCC1CN(C)C2.Cl. The smallest absolute Gasteiger partial charge is 0.410 e. The van der Waals surface area contributed by atoms with Crippen LogP contribution in [0.2, 0.25) is 0 Å². The van der Waals surface area contributed by atoms with Gasteiger partial charge >= 0.3 is 6.09 Å². The van der Waals surface area contributed by atoms with Gasteiger partial charge < -0.3 is 9.64 Å². The van der Waals surface area contributed by atoms with Crippen molar-refractivity contribution in [2.75, 3.05) is 26.7 Å². The van der Waals surface area contributed by atoms with Crippen LogP contribution in [-0.2, 0) is 4.74 Å². The molecule has 2 rings (SSSR count).